The first kappa shape index (κ1) is 25.8. The van der Waals surface area contributed by atoms with Crippen molar-refractivity contribution >= 4 is 27.5 Å². The molecule has 3 N–H and O–H groups in total. The second-order valence-corrected chi connectivity index (χ2v) is 9.44. The SMILES string of the molecule is CCOc1ccc(S(=O)(=O)Nc2ccc(C(=O)NNC(=O)CCc3ccc(CC)cc3)cc2)cc1. The normalized spacial score (nSPS) is 10.9. The second kappa shape index (κ2) is 12.0. The molecule has 3 aromatic rings. The fraction of sp³-hybridized carbons (Fsp3) is 0.231. The third kappa shape index (κ3) is 7.58. The van der Waals surface area contributed by atoms with Crippen molar-refractivity contribution < 1.29 is 22.7 Å². The van der Waals surface area contributed by atoms with E-state index >= 15 is 0 Å². The zero-order chi connectivity index (χ0) is 25.3. The molecular weight excluding hydrogens is 466 g/mol. The molecule has 0 aliphatic carbocycles. The number of sulfonamides is 1. The Morgan fingerprint density at radius 2 is 1.43 bits per heavy atom. The molecule has 184 valence electrons. The number of carbonyl (C=O) groups is 2. The number of aryl methyl sites for hydroxylation is 2. The molecule has 0 spiro atoms. The summed E-state index contributed by atoms with van der Waals surface area (Å²) in [6.45, 7) is 4.42. The summed E-state index contributed by atoms with van der Waals surface area (Å²) in [6, 6.07) is 20.0. The van der Waals surface area contributed by atoms with Crippen LogP contribution in [0.25, 0.3) is 0 Å². The maximum Gasteiger partial charge on any atom is 0.269 e. The largest absolute Gasteiger partial charge is 0.494 e. The number of anilines is 1. The van der Waals surface area contributed by atoms with Crippen LogP contribution in [0, 0.1) is 0 Å². The van der Waals surface area contributed by atoms with Crippen LogP contribution in [0.2, 0.25) is 0 Å². The summed E-state index contributed by atoms with van der Waals surface area (Å²) in [5.41, 5.74) is 7.63. The highest BCUT2D eigenvalue weighted by Crippen LogP contribution is 2.19. The summed E-state index contributed by atoms with van der Waals surface area (Å²) < 4.78 is 33.0. The van der Waals surface area contributed by atoms with Gasteiger partial charge in [0.05, 0.1) is 11.5 Å². The number of hydrazine groups is 1. The van der Waals surface area contributed by atoms with Crippen molar-refractivity contribution in [3.63, 3.8) is 0 Å². The van der Waals surface area contributed by atoms with E-state index < -0.39 is 15.9 Å². The van der Waals surface area contributed by atoms with Crippen LogP contribution >= 0.6 is 0 Å². The summed E-state index contributed by atoms with van der Waals surface area (Å²) in [6.07, 6.45) is 1.76. The molecule has 9 heteroatoms. The van der Waals surface area contributed by atoms with E-state index in [9.17, 15) is 18.0 Å². The van der Waals surface area contributed by atoms with E-state index in [1.165, 1.54) is 42.0 Å². The first-order chi connectivity index (χ1) is 16.8. The molecule has 0 bridgehead atoms. The van der Waals surface area contributed by atoms with E-state index in [2.05, 4.69) is 22.5 Å². The molecule has 0 aliphatic rings. The maximum absolute atomic E-state index is 12.6. The third-order valence-corrected chi connectivity index (χ3v) is 6.63. The minimum atomic E-state index is -3.80. The highest BCUT2D eigenvalue weighted by Gasteiger charge is 2.15. The Hall–Kier alpha value is -3.85. The van der Waals surface area contributed by atoms with E-state index in [1.54, 1.807) is 12.1 Å². The Morgan fingerprint density at radius 3 is 2.03 bits per heavy atom. The van der Waals surface area contributed by atoms with Crippen LogP contribution in [-0.2, 0) is 27.7 Å². The molecular formula is C26H29N3O5S. The molecule has 3 aromatic carbocycles. The quantitative estimate of drug-likeness (QED) is 0.370. The Bertz CT molecular complexity index is 1240. The average molecular weight is 496 g/mol. The van der Waals surface area contributed by atoms with Crippen molar-refractivity contribution in [1.82, 2.24) is 10.9 Å². The first-order valence-electron chi connectivity index (χ1n) is 11.3. The molecule has 3 rings (SSSR count). The van der Waals surface area contributed by atoms with Gasteiger partial charge in [-0.2, -0.15) is 0 Å². The number of benzene rings is 3. The molecule has 0 fully saturated rings. The number of ether oxygens (including phenoxy) is 1. The minimum absolute atomic E-state index is 0.0896. The highest BCUT2D eigenvalue weighted by molar-refractivity contribution is 7.92. The number of amides is 2. The van der Waals surface area contributed by atoms with E-state index in [0.717, 1.165) is 12.0 Å². The molecule has 2 amide bonds. The molecule has 0 radical (unpaired) electrons. The summed E-state index contributed by atoms with van der Waals surface area (Å²) in [5.74, 6) is -0.233. The van der Waals surface area contributed by atoms with Gasteiger partial charge in [-0.3, -0.25) is 25.2 Å². The van der Waals surface area contributed by atoms with Gasteiger partial charge in [0.25, 0.3) is 15.9 Å². The number of nitrogens with one attached hydrogen (secondary N) is 3. The summed E-state index contributed by atoms with van der Waals surface area (Å²) >= 11 is 0. The molecule has 8 nitrogen and oxygen atoms in total. The monoisotopic (exact) mass is 495 g/mol. The van der Waals surface area contributed by atoms with Gasteiger partial charge in [0.15, 0.2) is 0 Å². The number of rotatable bonds is 10. The van der Waals surface area contributed by atoms with Crippen LogP contribution in [0.5, 0.6) is 5.75 Å². The third-order valence-electron chi connectivity index (χ3n) is 5.23. The van der Waals surface area contributed by atoms with Crippen molar-refractivity contribution in [3.8, 4) is 5.75 Å². The van der Waals surface area contributed by atoms with Gasteiger partial charge < -0.3 is 4.74 Å². The zero-order valence-corrected chi connectivity index (χ0v) is 20.5. The number of carbonyl (C=O) groups excluding carboxylic acids is 2. The van der Waals surface area contributed by atoms with Crippen molar-refractivity contribution in [2.24, 2.45) is 0 Å². The topological polar surface area (TPSA) is 114 Å². The van der Waals surface area contributed by atoms with Crippen molar-refractivity contribution in [2.45, 2.75) is 38.0 Å². The van der Waals surface area contributed by atoms with Crippen LogP contribution in [-0.4, -0.2) is 26.8 Å². The lowest BCUT2D eigenvalue weighted by Crippen LogP contribution is -2.41. The van der Waals surface area contributed by atoms with E-state index in [1.807, 2.05) is 31.2 Å². The molecule has 35 heavy (non-hydrogen) atoms. The molecule has 0 saturated heterocycles. The molecule has 0 unspecified atom stereocenters. The standard InChI is InChI=1S/C26H29N3O5S/c1-3-19-5-7-20(8-6-19)9-18-25(30)27-28-26(31)21-10-12-22(13-11-21)29-35(32,33)24-16-14-23(15-17-24)34-4-2/h5-8,10-17,29H,3-4,9,18H2,1-2H3,(H,27,30)(H,28,31). The van der Waals surface area contributed by atoms with Gasteiger partial charge in [-0.05, 0) is 79.4 Å². The highest BCUT2D eigenvalue weighted by atomic mass is 32.2. The molecule has 0 aromatic heterocycles. The Labute approximate surface area is 205 Å². The smallest absolute Gasteiger partial charge is 0.269 e. The van der Waals surface area contributed by atoms with Gasteiger partial charge in [0.2, 0.25) is 5.91 Å². The Morgan fingerprint density at radius 1 is 0.800 bits per heavy atom. The van der Waals surface area contributed by atoms with Gasteiger partial charge in [-0.25, -0.2) is 8.42 Å². The average Bonchev–Trinajstić information content (AvgIpc) is 2.87. The van der Waals surface area contributed by atoms with E-state index in [4.69, 9.17) is 4.74 Å². The molecule has 0 saturated carbocycles. The van der Waals surface area contributed by atoms with Crippen molar-refractivity contribution in [1.29, 1.82) is 0 Å². The molecule has 0 atom stereocenters. The van der Waals surface area contributed by atoms with Gasteiger partial charge in [0.1, 0.15) is 5.75 Å². The van der Waals surface area contributed by atoms with Crippen molar-refractivity contribution in [2.75, 3.05) is 11.3 Å². The van der Waals surface area contributed by atoms with E-state index in [-0.39, 0.29) is 22.8 Å². The van der Waals surface area contributed by atoms with Gasteiger partial charge in [0, 0.05) is 17.7 Å². The van der Waals surface area contributed by atoms with E-state index in [0.29, 0.717) is 24.5 Å². The lowest BCUT2D eigenvalue weighted by atomic mass is 10.1. The van der Waals surface area contributed by atoms with Gasteiger partial charge in [-0.15, -0.1) is 0 Å². The zero-order valence-electron chi connectivity index (χ0n) is 19.7. The predicted molar refractivity (Wildman–Crippen MR) is 135 cm³/mol. The van der Waals surface area contributed by atoms with Crippen LogP contribution in [0.3, 0.4) is 0 Å². The predicted octanol–water partition coefficient (Wildman–Crippen LogP) is 3.84. The fourth-order valence-corrected chi connectivity index (χ4v) is 4.30. The lowest BCUT2D eigenvalue weighted by molar-refractivity contribution is -0.121. The second-order valence-electron chi connectivity index (χ2n) is 7.76. The molecule has 0 heterocycles. The van der Waals surface area contributed by atoms with Crippen LogP contribution < -0.4 is 20.3 Å². The van der Waals surface area contributed by atoms with Crippen LogP contribution in [0.1, 0.15) is 41.8 Å². The van der Waals surface area contributed by atoms with Crippen LogP contribution in [0.15, 0.2) is 77.7 Å². The Balaban J connectivity index is 1.49. The summed E-state index contributed by atoms with van der Waals surface area (Å²) in [4.78, 5) is 24.5. The minimum Gasteiger partial charge on any atom is -0.494 e. The summed E-state index contributed by atoms with van der Waals surface area (Å²) in [7, 11) is -3.80. The Kier molecular flexibility index (Phi) is 8.86. The van der Waals surface area contributed by atoms with Gasteiger partial charge >= 0.3 is 0 Å². The fourth-order valence-electron chi connectivity index (χ4n) is 3.25. The first-order valence-corrected chi connectivity index (χ1v) is 12.8. The number of hydrogen-bond acceptors (Lipinski definition) is 5. The maximum atomic E-state index is 12.6. The van der Waals surface area contributed by atoms with Gasteiger partial charge in [-0.1, -0.05) is 31.2 Å². The lowest BCUT2D eigenvalue weighted by Gasteiger charge is -2.10. The van der Waals surface area contributed by atoms with Crippen molar-refractivity contribution in [3.05, 3.63) is 89.5 Å². The summed E-state index contributed by atoms with van der Waals surface area (Å²) in [5, 5.41) is 0. The molecule has 0 aliphatic heterocycles. The van der Waals surface area contributed by atoms with Crippen LogP contribution in [0.4, 0.5) is 5.69 Å². The number of hydrogen-bond donors (Lipinski definition) is 3.